The van der Waals surface area contributed by atoms with Crippen molar-refractivity contribution >= 4 is 256 Å². The Hall–Kier alpha value is -11.2. The van der Waals surface area contributed by atoms with Crippen LogP contribution in [-0.2, 0) is 28.2 Å². The van der Waals surface area contributed by atoms with Crippen LogP contribution in [0, 0.1) is 0 Å². The molecule has 0 aromatic carbocycles. The van der Waals surface area contributed by atoms with Crippen molar-refractivity contribution in [3.8, 4) is 0 Å². The van der Waals surface area contributed by atoms with Crippen LogP contribution in [0.25, 0.3) is 165 Å². The SMILES string of the molecule is C/C=C/c1cc2c(ccn2C)o1.C/C=C/c1cc2ccoc2n1C.C/C=C/c1cc2ccoc2o1.C/C=C/c1cc2ccsc2n1C.C/C=C/c1cc2ccsc2o1.C/C=C/c1cc2ncsc2s1.C/C=C/c1cc2occc2o1.C/C=C/c1cc2sccc2n1C.C/C=C/c1cc2sccc2o1.C/C=C/c1cc2scnc2s1. The molecule has 14 nitrogen and oxygen atoms in total. The van der Waals surface area contributed by atoms with Crippen molar-refractivity contribution in [1.82, 2.24) is 28.2 Å². The molecule has 0 spiro atoms. The lowest BCUT2D eigenvalue weighted by molar-refractivity contribution is 0.473. The molecule has 0 saturated heterocycles. The standard InChI is InChI=1S/2C10H11NO.2C10H11NS.2C9H8O2.2C9H8OS.2C8H7NS2/c1-3-4-9-7-8-5-6-12-10(8)11(9)2;1-3-4-8-7-9-10(12-8)5-6-11(9)2;1-3-4-9-7-8-5-6-12-10(8)11(9)2;1-3-4-8-7-10-9(11(8)2)5-6-12-10;1-2-3-8-6-7-4-5-10-9(7)11-8;1-2-3-7-6-9-8(11-7)4-5-10-9;1-2-3-8-6-7-4-5-11-9(7)10-8;1-2-3-7-6-9-8(10-7)4-5-11-9;1-2-3-6-4-7-8(11-6)9-5-10-7;1-2-3-6-4-7-8(11-6)10-5-9-7/h4*3-7H,1-2H3;4*2-6H,1H3;2*2-5H,1H3/b4*4-3+;6*3-2+. The third-order valence-electron chi connectivity index (χ3n) is 16.7. The molecule has 0 radical (unpaired) electrons. The lowest BCUT2D eigenvalue weighted by Gasteiger charge is -1.95. The number of thiophene rings is 6. The molecule has 20 aromatic heterocycles. The number of hydrogen-bond donors (Lipinski definition) is 0. The van der Waals surface area contributed by atoms with E-state index in [4.69, 9.17) is 35.3 Å². The van der Waals surface area contributed by atoms with Crippen LogP contribution >= 0.6 is 90.7 Å². The molecule has 0 aliphatic rings. The van der Waals surface area contributed by atoms with E-state index in [1.165, 1.54) is 66.1 Å². The van der Waals surface area contributed by atoms with E-state index < -0.39 is 0 Å². The largest absolute Gasteiger partial charge is 0.461 e. The first-order valence-electron chi connectivity index (χ1n) is 36.6. The summed E-state index contributed by atoms with van der Waals surface area (Å²) in [4.78, 5) is 14.5. The average molecular weight is 1660 g/mol. The van der Waals surface area contributed by atoms with Crippen molar-refractivity contribution in [2.45, 2.75) is 69.2 Å². The molecule has 20 rings (SSSR count). The van der Waals surface area contributed by atoms with Gasteiger partial charge in [-0.15, -0.1) is 90.7 Å². The molecule has 0 amide bonds. The number of allylic oxidation sites excluding steroid dienone is 10. The van der Waals surface area contributed by atoms with Crippen molar-refractivity contribution in [1.29, 1.82) is 0 Å². The maximum Gasteiger partial charge on any atom is 0.297 e. The summed E-state index contributed by atoms with van der Waals surface area (Å²) >= 11 is 13.9. The van der Waals surface area contributed by atoms with Gasteiger partial charge >= 0.3 is 0 Å². The molecule has 0 fully saturated rings. The molecule has 0 unspecified atom stereocenters. The fraction of sp³-hybridized carbons (Fsp3) is 0.152. The lowest BCUT2D eigenvalue weighted by Crippen LogP contribution is -1.88. The Kier molecular flexibility index (Phi) is 30.9. The van der Waals surface area contributed by atoms with E-state index in [0.29, 0.717) is 5.78 Å². The van der Waals surface area contributed by atoms with Crippen molar-refractivity contribution < 1.29 is 35.3 Å². The smallest absolute Gasteiger partial charge is 0.297 e. The Bertz CT molecular complexity index is 5650. The highest BCUT2D eigenvalue weighted by Gasteiger charge is 2.10. The van der Waals surface area contributed by atoms with E-state index in [9.17, 15) is 0 Å². The number of aryl methyl sites for hydroxylation is 4. The van der Waals surface area contributed by atoms with Gasteiger partial charge in [0.05, 0.1) is 65.8 Å². The summed E-state index contributed by atoms with van der Waals surface area (Å²) < 4.78 is 56.3. The number of fused-ring (bicyclic) bond motifs is 10. The van der Waals surface area contributed by atoms with Crippen molar-refractivity contribution in [3.63, 3.8) is 0 Å². The Labute approximate surface area is 694 Å². The average Bonchev–Trinajstić information content (AvgIpc) is 1.66. The number of nitrogens with zero attached hydrogens (tertiary/aromatic N) is 6. The Morgan fingerprint density at radius 3 is 1.54 bits per heavy atom. The van der Waals surface area contributed by atoms with Gasteiger partial charge in [0.1, 0.15) is 48.1 Å². The molecule has 22 heteroatoms. The van der Waals surface area contributed by atoms with Gasteiger partial charge in [0, 0.05) is 102 Å². The topological polar surface area (TPSA) is 151 Å². The summed E-state index contributed by atoms with van der Waals surface area (Å²) in [5, 5.41) is 13.0. The van der Waals surface area contributed by atoms with E-state index in [0.717, 1.165) is 88.4 Å². The summed E-state index contributed by atoms with van der Waals surface area (Å²) in [6, 6.07) is 36.8. The predicted octanol–water partition coefficient (Wildman–Crippen LogP) is 32.1. The number of furan rings is 8. The highest BCUT2D eigenvalue weighted by molar-refractivity contribution is 7.37. The van der Waals surface area contributed by atoms with Crippen LogP contribution in [0.1, 0.15) is 125 Å². The van der Waals surface area contributed by atoms with E-state index in [-0.39, 0.29) is 0 Å². The van der Waals surface area contributed by atoms with E-state index in [1.807, 2.05) is 242 Å². The molecule has 0 atom stereocenters. The quantitative estimate of drug-likeness (QED) is 0.129. The zero-order chi connectivity index (χ0) is 80.3. The first-order valence-corrected chi connectivity index (χ1v) is 43.5. The van der Waals surface area contributed by atoms with Crippen LogP contribution in [0.5, 0.6) is 0 Å². The second-order valence-corrected chi connectivity index (χ2v) is 32.6. The predicted molar refractivity (Wildman–Crippen MR) is 499 cm³/mol. The first kappa shape index (κ1) is 83.7. The Morgan fingerprint density at radius 2 is 0.904 bits per heavy atom. The third kappa shape index (κ3) is 22.0. The van der Waals surface area contributed by atoms with Gasteiger partial charge < -0.3 is 53.6 Å². The van der Waals surface area contributed by atoms with Crippen LogP contribution < -0.4 is 0 Å². The summed E-state index contributed by atoms with van der Waals surface area (Å²) in [7, 11) is 8.22. The zero-order valence-corrected chi connectivity index (χ0v) is 72.5. The van der Waals surface area contributed by atoms with Crippen LogP contribution in [0.2, 0.25) is 0 Å². The fourth-order valence-electron chi connectivity index (χ4n) is 11.5. The highest BCUT2D eigenvalue weighted by atomic mass is 32.2. The zero-order valence-electron chi connectivity index (χ0n) is 65.9. The number of hydrogen-bond acceptors (Lipinski definition) is 18. The first-order chi connectivity index (χ1) is 55.7. The molecule has 0 N–H and O–H groups in total. The van der Waals surface area contributed by atoms with Gasteiger partial charge in [-0.05, 0) is 236 Å². The minimum absolute atomic E-state index is 0.595. The van der Waals surface area contributed by atoms with E-state index >= 15 is 0 Å². The maximum absolute atomic E-state index is 5.52. The fourth-order valence-corrected chi connectivity index (χ4v) is 18.5. The van der Waals surface area contributed by atoms with Crippen molar-refractivity contribution in [2.24, 2.45) is 28.2 Å². The monoisotopic (exact) mass is 1660 g/mol. The summed E-state index contributed by atoms with van der Waals surface area (Å²) in [5.41, 5.74) is 15.6. The van der Waals surface area contributed by atoms with Gasteiger partial charge in [-0.3, -0.25) is 0 Å². The third-order valence-corrected chi connectivity index (χ3v) is 24.2. The number of rotatable bonds is 10. The molecule has 0 saturated carbocycles. The number of thiazole rings is 2. The molecular weight excluding hydrogens is 1570 g/mol. The van der Waals surface area contributed by atoms with Gasteiger partial charge in [-0.1, -0.05) is 60.8 Å². The molecule has 20 aromatic rings. The van der Waals surface area contributed by atoms with Gasteiger partial charge in [0.2, 0.25) is 5.71 Å². The van der Waals surface area contributed by atoms with E-state index in [1.54, 1.807) is 109 Å². The Balaban J connectivity index is 0.000000125. The van der Waals surface area contributed by atoms with Crippen molar-refractivity contribution in [2.75, 3.05) is 0 Å². The van der Waals surface area contributed by atoms with Crippen molar-refractivity contribution in [3.05, 3.63) is 283 Å². The summed E-state index contributed by atoms with van der Waals surface area (Å²) in [5.74, 6) is 5.06. The van der Waals surface area contributed by atoms with Crippen LogP contribution in [0.15, 0.2) is 263 Å². The molecular formula is C92H90N6O8S8. The minimum atomic E-state index is 0.595. The minimum Gasteiger partial charge on any atom is -0.461 e. The van der Waals surface area contributed by atoms with Gasteiger partial charge in [-0.25, -0.2) is 9.97 Å². The van der Waals surface area contributed by atoms with Crippen LogP contribution in [0.4, 0.5) is 0 Å². The second-order valence-electron chi connectivity index (χ2n) is 24.8. The lowest BCUT2D eigenvalue weighted by atomic mass is 10.3. The molecule has 0 aliphatic heterocycles. The maximum atomic E-state index is 5.52. The van der Waals surface area contributed by atoms with Gasteiger partial charge in [-0.2, -0.15) is 0 Å². The summed E-state index contributed by atoms with van der Waals surface area (Å²) in [6.45, 7) is 20.0. The van der Waals surface area contributed by atoms with E-state index in [2.05, 4.69) is 153 Å². The summed E-state index contributed by atoms with van der Waals surface area (Å²) in [6.07, 6.45) is 47.2. The molecule has 0 aliphatic carbocycles. The van der Waals surface area contributed by atoms with Crippen LogP contribution in [-0.4, -0.2) is 28.2 Å². The van der Waals surface area contributed by atoms with Gasteiger partial charge in [0.25, 0.3) is 5.78 Å². The molecule has 0 bridgehead atoms. The van der Waals surface area contributed by atoms with Crippen LogP contribution in [0.3, 0.4) is 0 Å². The number of aromatic nitrogens is 6. The normalized spacial score (nSPS) is 11.8. The molecule has 20 heterocycles. The molecule has 584 valence electrons. The second kappa shape index (κ2) is 42.1. The van der Waals surface area contributed by atoms with Gasteiger partial charge in [0.15, 0.2) is 21.6 Å². The Morgan fingerprint density at radius 1 is 0.342 bits per heavy atom. The highest BCUT2D eigenvalue weighted by Crippen LogP contribution is 2.33. The molecule has 114 heavy (non-hydrogen) atoms.